The van der Waals surface area contributed by atoms with Crippen molar-refractivity contribution in [3.05, 3.63) is 83.8 Å². The highest BCUT2D eigenvalue weighted by Crippen LogP contribution is 2.39. The number of thiazole rings is 1. The van der Waals surface area contributed by atoms with E-state index >= 15 is 0 Å². The number of hydrogen-bond acceptors (Lipinski definition) is 3. The van der Waals surface area contributed by atoms with E-state index < -0.39 is 21.9 Å². The van der Waals surface area contributed by atoms with E-state index in [9.17, 15) is 21.6 Å². The van der Waals surface area contributed by atoms with Gasteiger partial charge in [-0.2, -0.15) is 21.6 Å². The SMILES string of the molecule is C=CCn1c(C(F)(F)F)c(-c2ccccc2)sc1=NS(=O)(=O)c1ccccc1. The van der Waals surface area contributed by atoms with Gasteiger partial charge < -0.3 is 4.57 Å². The molecule has 0 bridgehead atoms. The van der Waals surface area contributed by atoms with Gasteiger partial charge in [-0.05, 0) is 17.7 Å². The zero-order valence-electron chi connectivity index (χ0n) is 14.4. The van der Waals surface area contributed by atoms with Crippen molar-refractivity contribution >= 4 is 21.4 Å². The van der Waals surface area contributed by atoms with Gasteiger partial charge in [-0.3, -0.25) is 0 Å². The molecule has 0 spiro atoms. The standard InChI is InChI=1S/C19H15F3N2O2S2/c1-2-13-24-17(19(20,21)22)16(14-9-5-3-6-10-14)27-18(24)23-28(25,26)15-11-7-4-8-12-15/h2-12H,1,13H2. The molecule has 1 heterocycles. The number of rotatable bonds is 5. The molecular formula is C19H15F3N2O2S2. The average Bonchev–Trinajstić information content (AvgIpc) is 3.01. The topological polar surface area (TPSA) is 51.4 Å². The van der Waals surface area contributed by atoms with Crippen LogP contribution in [0.1, 0.15) is 5.69 Å². The van der Waals surface area contributed by atoms with Crippen molar-refractivity contribution in [2.24, 2.45) is 4.40 Å². The van der Waals surface area contributed by atoms with E-state index in [0.29, 0.717) is 16.9 Å². The molecule has 0 atom stereocenters. The van der Waals surface area contributed by atoms with Crippen LogP contribution < -0.4 is 4.80 Å². The zero-order chi connectivity index (χ0) is 20.4. The molecule has 1 aromatic heterocycles. The van der Waals surface area contributed by atoms with Gasteiger partial charge in [-0.25, -0.2) is 0 Å². The minimum atomic E-state index is -4.70. The summed E-state index contributed by atoms with van der Waals surface area (Å²) in [6.45, 7) is 3.25. The van der Waals surface area contributed by atoms with Crippen molar-refractivity contribution in [1.82, 2.24) is 4.57 Å². The van der Waals surface area contributed by atoms with Crippen molar-refractivity contribution in [3.63, 3.8) is 0 Å². The van der Waals surface area contributed by atoms with Crippen LogP contribution in [-0.2, 0) is 22.7 Å². The van der Waals surface area contributed by atoms with Crippen molar-refractivity contribution in [1.29, 1.82) is 0 Å². The van der Waals surface area contributed by atoms with Crippen molar-refractivity contribution in [2.45, 2.75) is 17.6 Å². The van der Waals surface area contributed by atoms with E-state index in [0.717, 1.165) is 4.57 Å². The van der Waals surface area contributed by atoms with Crippen molar-refractivity contribution in [3.8, 4) is 10.4 Å². The summed E-state index contributed by atoms with van der Waals surface area (Å²) in [6.07, 6.45) is -3.43. The Kier molecular flexibility index (Phi) is 5.57. The highest BCUT2D eigenvalue weighted by molar-refractivity contribution is 7.90. The van der Waals surface area contributed by atoms with Crippen LogP contribution in [0.3, 0.4) is 0 Å². The first-order valence-electron chi connectivity index (χ1n) is 8.07. The van der Waals surface area contributed by atoms with Gasteiger partial charge in [0.25, 0.3) is 10.0 Å². The molecule has 3 aromatic rings. The van der Waals surface area contributed by atoms with E-state index in [-0.39, 0.29) is 21.1 Å². The maximum Gasteiger partial charge on any atom is 0.432 e. The third-order valence-electron chi connectivity index (χ3n) is 3.76. The van der Waals surface area contributed by atoms with Gasteiger partial charge in [0.15, 0.2) is 0 Å². The molecule has 0 aliphatic carbocycles. The van der Waals surface area contributed by atoms with E-state index in [1.165, 1.54) is 42.5 Å². The summed E-state index contributed by atoms with van der Waals surface area (Å²) in [4.78, 5) is -0.463. The first-order valence-corrected chi connectivity index (χ1v) is 10.3. The Bertz CT molecular complexity index is 1150. The minimum absolute atomic E-state index is 0.0941. The van der Waals surface area contributed by atoms with Crippen LogP contribution in [0.2, 0.25) is 0 Å². The van der Waals surface area contributed by atoms with Gasteiger partial charge in [-0.1, -0.05) is 65.9 Å². The normalized spacial score (nSPS) is 12.9. The number of halogens is 3. The molecule has 28 heavy (non-hydrogen) atoms. The van der Waals surface area contributed by atoms with Crippen LogP contribution in [0, 0.1) is 0 Å². The smallest absolute Gasteiger partial charge is 0.308 e. The van der Waals surface area contributed by atoms with E-state index in [1.54, 1.807) is 24.3 Å². The summed E-state index contributed by atoms with van der Waals surface area (Å²) in [5, 5.41) is 0. The quantitative estimate of drug-likeness (QED) is 0.557. The van der Waals surface area contributed by atoms with Gasteiger partial charge in [0, 0.05) is 6.54 Å². The second kappa shape index (κ2) is 7.76. The molecule has 3 rings (SSSR count). The lowest BCUT2D eigenvalue weighted by Crippen LogP contribution is -2.23. The summed E-state index contributed by atoms with van der Waals surface area (Å²) >= 11 is 0.677. The molecule has 9 heteroatoms. The first-order chi connectivity index (χ1) is 13.2. The van der Waals surface area contributed by atoms with Crippen LogP contribution in [0.4, 0.5) is 13.2 Å². The maximum absolute atomic E-state index is 13.8. The number of benzene rings is 2. The number of aromatic nitrogens is 1. The van der Waals surface area contributed by atoms with Gasteiger partial charge in [0.05, 0.1) is 9.77 Å². The van der Waals surface area contributed by atoms with Crippen molar-refractivity contribution in [2.75, 3.05) is 0 Å². The highest BCUT2D eigenvalue weighted by Gasteiger charge is 2.39. The Morgan fingerprint density at radius 1 is 1.04 bits per heavy atom. The molecule has 2 aromatic carbocycles. The molecule has 0 saturated heterocycles. The molecule has 0 N–H and O–H groups in total. The van der Waals surface area contributed by atoms with Crippen LogP contribution in [0.5, 0.6) is 0 Å². The lowest BCUT2D eigenvalue weighted by Gasteiger charge is -2.12. The van der Waals surface area contributed by atoms with Gasteiger partial charge in [0.2, 0.25) is 4.80 Å². The summed E-state index contributed by atoms with van der Waals surface area (Å²) in [5.74, 6) is 0. The molecule has 0 aliphatic rings. The number of alkyl halides is 3. The molecule has 146 valence electrons. The number of hydrogen-bond donors (Lipinski definition) is 0. The van der Waals surface area contributed by atoms with Gasteiger partial charge >= 0.3 is 6.18 Å². The lowest BCUT2D eigenvalue weighted by molar-refractivity contribution is -0.142. The molecule has 0 aliphatic heterocycles. The predicted octanol–water partition coefficient (Wildman–Crippen LogP) is 4.71. The highest BCUT2D eigenvalue weighted by atomic mass is 32.2. The van der Waals surface area contributed by atoms with Crippen molar-refractivity contribution < 1.29 is 21.6 Å². The Hall–Kier alpha value is -2.65. The molecule has 4 nitrogen and oxygen atoms in total. The van der Waals surface area contributed by atoms with Crippen LogP contribution in [0.15, 0.2) is 82.6 Å². The summed E-state index contributed by atoms with van der Waals surface area (Å²) in [6, 6.07) is 15.3. The zero-order valence-corrected chi connectivity index (χ0v) is 16.1. The minimum Gasteiger partial charge on any atom is -0.308 e. The average molecular weight is 424 g/mol. The summed E-state index contributed by atoms with van der Waals surface area (Å²) in [5.41, 5.74) is -0.623. The molecule has 0 radical (unpaired) electrons. The second-order valence-corrected chi connectivity index (χ2v) is 8.29. The molecule has 0 unspecified atom stereocenters. The third-order valence-corrected chi connectivity index (χ3v) is 6.29. The summed E-state index contributed by atoms with van der Waals surface area (Å²) < 4.78 is 71.3. The Labute approximate surface area is 164 Å². The van der Waals surface area contributed by atoms with E-state index in [4.69, 9.17) is 0 Å². The fourth-order valence-electron chi connectivity index (χ4n) is 2.59. The van der Waals surface area contributed by atoms with Crippen LogP contribution in [-0.4, -0.2) is 13.0 Å². The van der Waals surface area contributed by atoms with Gasteiger partial charge in [-0.15, -0.1) is 11.0 Å². The van der Waals surface area contributed by atoms with Gasteiger partial charge in [0.1, 0.15) is 5.69 Å². The summed E-state index contributed by atoms with van der Waals surface area (Å²) in [7, 11) is -4.17. The molecule has 0 amide bonds. The van der Waals surface area contributed by atoms with Crippen LogP contribution in [0.25, 0.3) is 10.4 Å². The fourth-order valence-corrected chi connectivity index (χ4v) is 4.98. The maximum atomic E-state index is 13.8. The largest absolute Gasteiger partial charge is 0.432 e. The number of nitrogens with zero attached hydrogens (tertiary/aromatic N) is 2. The molecule has 0 fully saturated rings. The molecular weight excluding hydrogens is 409 g/mol. The van der Waals surface area contributed by atoms with Crippen LogP contribution >= 0.6 is 11.3 Å². The van der Waals surface area contributed by atoms with E-state index in [1.807, 2.05) is 0 Å². The lowest BCUT2D eigenvalue weighted by atomic mass is 10.1. The Morgan fingerprint density at radius 2 is 1.61 bits per heavy atom. The molecule has 0 saturated carbocycles. The predicted molar refractivity (Wildman–Crippen MR) is 102 cm³/mol. The third kappa shape index (κ3) is 4.10. The second-order valence-electron chi connectivity index (χ2n) is 5.70. The Morgan fingerprint density at radius 3 is 2.14 bits per heavy atom. The fraction of sp³-hybridized carbons (Fsp3) is 0.105. The first kappa shape index (κ1) is 20.1. The number of sulfonamides is 1. The Balaban J connectivity index is 2.33. The number of allylic oxidation sites excluding steroid dienone is 1. The monoisotopic (exact) mass is 424 g/mol. The van der Waals surface area contributed by atoms with E-state index in [2.05, 4.69) is 11.0 Å².